The minimum absolute atomic E-state index is 0.154. The Morgan fingerprint density at radius 1 is 1.19 bits per heavy atom. The lowest BCUT2D eigenvalue weighted by Gasteiger charge is -2.59. The summed E-state index contributed by atoms with van der Waals surface area (Å²) in [7, 11) is 0. The maximum absolute atomic E-state index is 12.6. The van der Waals surface area contributed by atoms with Crippen molar-refractivity contribution in [3.8, 4) is 0 Å². The highest BCUT2D eigenvalue weighted by atomic mass is 16.5. The predicted octanol–water partition coefficient (Wildman–Crippen LogP) is 3.88. The van der Waals surface area contributed by atoms with E-state index in [1.165, 1.54) is 12.5 Å². The second-order valence-electron chi connectivity index (χ2n) is 9.40. The largest absolute Gasteiger partial charge is 0.465 e. The van der Waals surface area contributed by atoms with Crippen molar-refractivity contribution in [3.05, 3.63) is 11.6 Å². The molecule has 142 valence electrons. The second-order valence-corrected chi connectivity index (χ2v) is 9.40. The van der Waals surface area contributed by atoms with E-state index < -0.39 is 0 Å². The Labute approximate surface area is 155 Å². The van der Waals surface area contributed by atoms with Gasteiger partial charge >= 0.3 is 5.97 Å². The number of hydrogen-bond acceptors (Lipinski definition) is 4. The van der Waals surface area contributed by atoms with Gasteiger partial charge in [-0.25, -0.2) is 0 Å². The molecule has 0 N–H and O–H groups in total. The van der Waals surface area contributed by atoms with E-state index in [0.29, 0.717) is 36.6 Å². The van der Waals surface area contributed by atoms with Crippen LogP contribution in [0, 0.1) is 34.5 Å². The van der Waals surface area contributed by atoms with Gasteiger partial charge in [0.1, 0.15) is 12.4 Å². The van der Waals surface area contributed by atoms with Crippen molar-refractivity contribution in [2.75, 3.05) is 6.61 Å². The fourth-order valence-corrected chi connectivity index (χ4v) is 7.08. The van der Waals surface area contributed by atoms with E-state index in [1.54, 1.807) is 0 Å². The lowest BCUT2D eigenvalue weighted by Crippen LogP contribution is -2.56. The number of carbonyl (C=O) groups excluding carboxylic acids is 3. The summed E-state index contributed by atoms with van der Waals surface area (Å²) in [4.78, 5) is 36.4. The van der Waals surface area contributed by atoms with Crippen LogP contribution in [-0.4, -0.2) is 24.1 Å². The zero-order valence-electron chi connectivity index (χ0n) is 16.2. The highest BCUT2D eigenvalue weighted by Crippen LogP contribution is 2.65. The Bertz CT molecular complexity index is 692. The Morgan fingerprint density at radius 3 is 2.69 bits per heavy atom. The van der Waals surface area contributed by atoms with Crippen molar-refractivity contribution in [1.82, 2.24) is 0 Å². The molecule has 0 heterocycles. The average molecular weight is 358 g/mol. The predicted molar refractivity (Wildman–Crippen MR) is 97.2 cm³/mol. The number of rotatable bonds is 2. The van der Waals surface area contributed by atoms with Crippen molar-refractivity contribution in [1.29, 1.82) is 0 Å². The summed E-state index contributed by atoms with van der Waals surface area (Å²) >= 11 is 0. The van der Waals surface area contributed by atoms with Crippen LogP contribution >= 0.6 is 0 Å². The SMILES string of the molecule is CC(=O)OC[C@@]12C(=CC(=O)C[C@H]1C)CC[C@@H]1[C@@H]2CC[C@]2(C)C(=O)CC[C@@H]12. The molecule has 0 aromatic heterocycles. The van der Waals surface area contributed by atoms with Crippen molar-refractivity contribution in [3.63, 3.8) is 0 Å². The van der Waals surface area contributed by atoms with Gasteiger partial charge in [-0.15, -0.1) is 0 Å². The fourth-order valence-electron chi connectivity index (χ4n) is 7.08. The molecule has 0 unspecified atom stereocenters. The minimum Gasteiger partial charge on any atom is -0.465 e. The lowest BCUT2D eigenvalue weighted by molar-refractivity contribution is -0.153. The molecule has 3 saturated carbocycles. The Morgan fingerprint density at radius 2 is 1.96 bits per heavy atom. The van der Waals surface area contributed by atoms with E-state index in [9.17, 15) is 14.4 Å². The molecule has 4 nitrogen and oxygen atoms in total. The van der Waals surface area contributed by atoms with Crippen LogP contribution in [-0.2, 0) is 19.1 Å². The Hall–Kier alpha value is -1.45. The third-order valence-electron chi connectivity index (χ3n) is 8.39. The first-order valence-electron chi connectivity index (χ1n) is 10.2. The molecule has 0 aliphatic heterocycles. The van der Waals surface area contributed by atoms with Gasteiger partial charge in [0.25, 0.3) is 0 Å². The van der Waals surface area contributed by atoms with Gasteiger partial charge in [0.2, 0.25) is 0 Å². The van der Waals surface area contributed by atoms with E-state index in [1.807, 2.05) is 6.08 Å². The van der Waals surface area contributed by atoms with Gasteiger partial charge in [0.05, 0.1) is 0 Å². The number of fused-ring (bicyclic) bond motifs is 5. The molecule has 4 aliphatic carbocycles. The molecular formula is C22H30O4. The van der Waals surface area contributed by atoms with Crippen LogP contribution in [0.4, 0.5) is 0 Å². The third-order valence-corrected chi connectivity index (χ3v) is 8.39. The van der Waals surface area contributed by atoms with Gasteiger partial charge in [0, 0.05) is 30.6 Å². The molecule has 26 heavy (non-hydrogen) atoms. The first-order chi connectivity index (χ1) is 12.3. The lowest BCUT2D eigenvalue weighted by atomic mass is 9.45. The highest BCUT2D eigenvalue weighted by molar-refractivity contribution is 5.92. The number of carbonyl (C=O) groups is 3. The van der Waals surface area contributed by atoms with E-state index in [4.69, 9.17) is 4.74 Å². The van der Waals surface area contributed by atoms with Gasteiger partial charge in [0.15, 0.2) is 5.78 Å². The van der Waals surface area contributed by atoms with Crippen LogP contribution in [0.15, 0.2) is 11.6 Å². The van der Waals surface area contributed by atoms with Gasteiger partial charge < -0.3 is 4.74 Å². The molecule has 0 bridgehead atoms. The van der Waals surface area contributed by atoms with Crippen LogP contribution in [0.3, 0.4) is 0 Å². The fraction of sp³-hybridized carbons (Fsp3) is 0.773. The van der Waals surface area contributed by atoms with Crippen LogP contribution < -0.4 is 0 Å². The molecule has 4 heteroatoms. The standard InChI is InChI=1S/C22H30O4/c1-13-10-16(24)11-15-4-5-17-18-6-7-20(25)21(18,3)9-8-19(17)22(13,15)12-26-14(2)23/h11,13,17-19H,4-10,12H2,1-3H3/t13-,17+,18+,19+,21+,22+/m1/s1. The molecule has 0 saturated heterocycles. The maximum atomic E-state index is 12.6. The molecule has 3 fully saturated rings. The summed E-state index contributed by atoms with van der Waals surface area (Å²) in [5.41, 5.74) is 0.838. The number of hydrogen-bond donors (Lipinski definition) is 0. The number of Topliss-reactive ketones (excluding diaryl/α,β-unsaturated/α-hetero) is 1. The van der Waals surface area contributed by atoms with Crippen LogP contribution in [0.5, 0.6) is 0 Å². The van der Waals surface area contributed by atoms with Crippen LogP contribution in [0.2, 0.25) is 0 Å². The van der Waals surface area contributed by atoms with E-state index in [-0.39, 0.29) is 28.5 Å². The third kappa shape index (κ3) is 2.36. The van der Waals surface area contributed by atoms with Crippen molar-refractivity contribution in [2.24, 2.45) is 34.5 Å². The molecular weight excluding hydrogens is 328 g/mol. The molecule has 4 aliphatic rings. The summed E-state index contributed by atoms with van der Waals surface area (Å²) in [5, 5.41) is 0. The molecule has 0 spiro atoms. The van der Waals surface area contributed by atoms with Gasteiger partial charge in [-0.1, -0.05) is 19.4 Å². The van der Waals surface area contributed by atoms with Gasteiger partial charge in [-0.3, -0.25) is 14.4 Å². The number of ether oxygens (including phenoxy) is 1. The average Bonchev–Trinajstić information content (AvgIpc) is 2.88. The summed E-state index contributed by atoms with van der Waals surface area (Å²) in [6.45, 7) is 6.19. The zero-order valence-corrected chi connectivity index (χ0v) is 16.2. The van der Waals surface area contributed by atoms with Crippen LogP contribution in [0.25, 0.3) is 0 Å². The first-order valence-corrected chi connectivity index (χ1v) is 10.2. The molecule has 0 radical (unpaired) electrons. The Balaban J connectivity index is 1.75. The summed E-state index contributed by atoms with van der Waals surface area (Å²) in [5.74, 6) is 1.96. The summed E-state index contributed by atoms with van der Waals surface area (Å²) in [6.07, 6.45) is 8.02. The molecule has 0 amide bonds. The minimum atomic E-state index is -0.248. The van der Waals surface area contributed by atoms with Crippen molar-refractivity contribution < 1.29 is 19.1 Å². The Kier molecular flexibility index (Phi) is 4.16. The topological polar surface area (TPSA) is 60.4 Å². The number of ketones is 2. The number of esters is 1. The van der Waals surface area contributed by atoms with E-state index in [2.05, 4.69) is 13.8 Å². The normalized spacial score (nSPS) is 44.7. The van der Waals surface area contributed by atoms with Gasteiger partial charge in [-0.2, -0.15) is 0 Å². The highest BCUT2D eigenvalue weighted by Gasteiger charge is 2.62. The first kappa shape index (κ1) is 17.9. The molecule has 0 aromatic carbocycles. The molecule has 6 atom stereocenters. The molecule has 4 rings (SSSR count). The van der Waals surface area contributed by atoms with Crippen LogP contribution in [0.1, 0.15) is 65.7 Å². The maximum Gasteiger partial charge on any atom is 0.302 e. The zero-order chi connectivity index (χ0) is 18.7. The van der Waals surface area contributed by atoms with Gasteiger partial charge in [-0.05, 0) is 61.9 Å². The van der Waals surface area contributed by atoms with Crippen molar-refractivity contribution >= 4 is 17.5 Å². The second kappa shape index (κ2) is 6.03. The van der Waals surface area contributed by atoms with Crippen molar-refractivity contribution in [2.45, 2.75) is 65.7 Å². The smallest absolute Gasteiger partial charge is 0.302 e. The quantitative estimate of drug-likeness (QED) is 0.703. The molecule has 0 aromatic rings. The summed E-state index contributed by atoms with van der Waals surface area (Å²) in [6, 6.07) is 0. The summed E-state index contributed by atoms with van der Waals surface area (Å²) < 4.78 is 5.60. The van der Waals surface area contributed by atoms with E-state index >= 15 is 0 Å². The monoisotopic (exact) mass is 358 g/mol. The van der Waals surface area contributed by atoms with E-state index in [0.717, 1.165) is 38.5 Å².